The molecule has 0 aromatic heterocycles. The van der Waals surface area contributed by atoms with Gasteiger partial charge in [-0.3, -0.25) is 0 Å². The molecule has 0 fully saturated rings. The molecule has 0 unspecified atom stereocenters. The van der Waals surface area contributed by atoms with Crippen LogP contribution in [0, 0.1) is 0 Å². The van der Waals surface area contributed by atoms with Crippen LogP contribution in [0.15, 0.2) is 70.5 Å². The molecule has 4 aromatic rings. The van der Waals surface area contributed by atoms with Gasteiger partial charge in [0, 0.05) is 0 Å². The second-order valence-electron chi connectivity index (χ2n) is 22.8. The summed E-state index contributed by atoms with van der Waals surface area (Å²) < 4.78 is 72.8. The first-order valence-corrected chi connectivity index (χ1v) is 34.8. The van der Waals surface area contributed by atoms with Crippen LogP contribution < -0.4 is 0 Å². The van der Waals surface area contributed by atoms with E-state index < -0.39 is 20.2 Å². The number of aryl methyl sites for hydroxylation is 4. The third kappa shape index (κ3) is 32.1. The Balaban J connectivity index is 0.000000520. The van der Waals surface area contributed by atoms with Crippen molar-refractivity contribution in [3.8, 4) is 0 Å². The fraction of sp³-hybridized carbons (Fsp3) is 0.706. The van der Waals surface area contributed by atoms with Crippen molar-refractivity contribution in [2.75, 3.05) is 0 Å². The molecule has 0 atom stereocenters. The molecule has 0 aliphatic rings. The Kier molecular flexibility index (Phi) is 41.9. The summed E-state index contributed by atoms with van der Waals surface area (Å²) in [5.74, 6) is 0. The Morgan fingerprint density at radius 1 is 0.286 bits per heavy atom. The zero-order valence-electron chi connectivity index (χ0n) is 49.9. The van der Waals surface area contributed by atoms with E-state index in [0.717, 1.165) is 86.1 Å². The van der Waals surface area contributed by atoms with E-state index in [1.807, 2.05) is 12.1 Å². The van der Waals surface area contributed by atoms with Crippen LogP contribution in [0.3, 0.4) is 0 Å². The third-order valence-corrected chi connectivity index (χ3v) is 17.7. The van der Waals surface area contributed by atoms with Crippen molar-refractivity contribution >= 4 is 79.5 Å². The molecule has 0 bridgehead atoms. The second kappa shape index (κ2) is 45.1. The van der Waals surface area contributed by atoms with Gasteiger partial charge in [0.15, 0.2) is 0 Å². The van der Waals surface area contributed by atoms with E-state index in [1.54, 1.807) is 24.3 Å². The Hall–Kier alpha value is -1.52. The summed E-state index contributed by atoms with van der Waals surface area (Å²) in [6.45, 7) is 9.03. The average molecular weight is 1130 g/mol. The van der Waals surface area contributed by atoms with Gasteiger partial charge >= 0.3 is 37.7 Å². The fourth-order valence-electron chi connectivity index (χ4n) is 11.3. The fourth-order valence-corrected chi connectivity index (χ4v) is 12.8. The summed E-state index contributed by atoms with van der Waals surface area (Å²) in [4.78, 5) is -0.0796. The number of fused-ring (bicyclic) bond motifs is 2. The van der Waals surface area contributed by atoms with E-state index in [4.69, 9.17) is 0 Å². The van der Waals surface area contributed by atoms with E-state index in [9.17, 15) is 25.9 Å². The number of unbranched alkanes of at least 4 members (excludes halogenated alkanes) is 36. The standard InChI is InChI=1S/2C34H56O3S.Ca/c2*1-3-5-7-9-11-13-15-17-19-21-24-30-28-33-31(25-22-20-18-16-14-12-10-8-6-4-2)26-23-27-32(33)34(29-30)38(35,36)37;/h2*23,26-29H,3-22,24-25H2,1-2H3,(H,35,36,37);/q;;+2/p-2. The van der Waals surface area contributed by atoms with Gasteiger partial charge in [-0.15, -0.1) is 0 Å². The number of hydrogen-bond acceptors (Lipinski definition) is 6. The summed E-state index contributed by atoms with van der Waals surface area (Å²) in [6.07, 6.45) is 55.1. The molecule has 0 aliphatic carbocycles. The van der Waals surface area contributed by atoms with Gasteiger partial charge in [0.25, 0.3) is 0 Å². The van der Waals surface area contributed by atoms with Crippen LogP contribution in [0.4, 0.5) is 0 Å². The number of benzene rings is 4. The molecule has 0 aliphatic heterocycles. The normalized spacial score (nSPS) is 11.8. The Labute approximate surface area is 504 Å². The topological polar surface area (TPSA) is 114 Å². The minimum atomic E-state index is -4.52. The van der Waals surface area contributed by atoms with E-state index in [1.165, 1.54) is 229 Å². The average Bonchev–Trinajstić information content (AvgIpc) is 3.40. The summed E-state index contributed by atoms with van der Waals surface area (Å²) in [7, 11) is -9.03. The van der Waals surface area contributed by atoms with E-state index in [2.05, 4.69) is 52.0 Å². The minimum Gasteiger partial charge on any atom is -0.744 e. The first kappa shape index (κ1) is 71.6. The van der Waals surface area contributed by atoms with Crippen molar-refractivity contribution in [3.63, 3.8) is 0 Å². The Morgan fingerprint density at radius 2 is 0.506 bits per heavy atom. The molecule has 432 valence electrons. The molecular formula is C68H110CaO6S2. The van der Waals surface area contributed by atoms with Gasteiger partial charge in [0.1, 0.15) is 20.2 Å². The van der Waals surface area contributed by atoms with Crippen LogP contribution in [0.1, 0.15) is 307 Å². The van der Waals surface area contributed by atoms with Crippen molar-refractivity contribution in [1.82, 2.24) is 0 Å². The van der Waals surface area contributed by atoms with E-state index in [0.29, 0.717) is 10.8 Å². The molecule has 9 heteroatoms. The summed E-state index contributed by atoms with van der Waals surface area (Å²) >= 11 is 0. The Morgan fingerprint density at radius 3 is 0.740 bits per heavy atom. The smallest absolute Gasteiger partial charge is 0.744 e. The molecule has 6 nitrogen and oxygen atoms in total. The molecule has 0 spiro atoms. The monoisotopic (exact) mass is 1130 g/mol. The summed E-state index contributed by atoms with van der Waals surface area (Å²) in [6, 6.07) is 19.2. The van der Waals surface area contributed by atoms with Crippen molar-refractivity contribution in [3.05, 3.63) is 82.9 Å². The SMILES string of the molecule is CCCCCCCCCCCCc1cc(S(=O)(=O)[O-])c2cccc(CCCCCCCCCCCC)c2c1.CCCCCCCCCCCCc1cc(S(=O)(=O)[O-])c2cccc(CCCCCCCCCCCC)c2c1.[Ca+2]. The number of hydrogen-bond donors (Lipinski definition) is 0. The second-order valence-corrected chi connectivity index (χ2v) is 25.5. The van der Waals surface area contributed by atoms with E-state index >= 15 is 0 Å². The maximum absolute atomic E-state index is 12.1. The molecule has 0 amide bonds. The van der Waals surface area contributed by atoms with Crippen LogP contribution in [0.5, 0.6) is 0 Å². The first-order valence-electron chi connectivity index (χ1n) is 31.9. The van der Waals surface area contributed by atoms with Crippen molar-refractivity contribution in [1.29, 1.82) is 0 Å². The number of rotatable bonds is 46. The van der Waals surface area contributed by atoms with Gasteiger partial charge in [-0.1, -0.05) is 307 Å². The van der Waals surface area contributed by atoms with Crippen LogP contribution in [0.2, 0.25) is 0 Å². The third-order valence-electron chi connectivity index (χ3n) is 16.0. The first-order chi connectivity index (χ1) is 36.9. The van der Waals surface area contributed by atoms with Crippen LogP contribution in [-0.2, 0) is 45.9 Å². The van der Waals surface area contributed by atoms with Crippen LogP contribution in [0.25, 0.3) is 21.5 Å². The van der Waals surface area contributed by atoms with Crippen molar-refractivity contribution in [2.24, 2.45) is 0 Å². The summed E-state index contributed by atoms with van der Waals surface area (Å²) in [5.41, 5.74) is 4.33. The largest absolute Gasteiger partial charge is 2.00 e. The van der Waals surface area contributed by atoms with Crippen molar-refractivity contribution in [2.45, 2.75) is 320 Å². The molecule has 0 saturated carbocycles. The zero-order chi connectivity index (χ0) is 55.0. The molecule has 0 radical (unpaired) electrons. The minimum absolute atomic E-state index is 0. The molecule has 4 rings (SSSR count). The van der Waals surface area contributed by atoms with Crippen molar-refractivity contribution < 1.29 is 25.9 Å². The molecule has 77 heavy (non-hydrogen) atoms. The van der Waals surface area contributed by atoms with Crippen LogP contribution in [-0.4, -0.2) is 63.7 Å². The predicted octanol–water partition coefficient (Wildman–Crippen LogP) is 21.0. The maximum Gasteiger partial charge on any atom is 2.00 e. The van der Waals surface area contributed by atoms with Gasteiger partial charge in [-0.05, 0) is 107 Å². The predicted molar refractivity (Wildman–Crippen MR) is 332 cm³/mol. The van der Waals surface area contributed by atoms with Gasteiger partial charge in [-0.2, -0.15) is 0 Å². The quantitative estimate of drug-likeness (QED) is 0.0247. The van der Waals surface area contributed by atoms with Gasteiger partial charge in [0.05, 0.1) is 9.79 Å². The van der Waals surface area contributed by atoms with E-state index in [-0.39, 0.29) is 47.5 Å². The van der Waals surface area contributed by atoms with Gasteiger partial charge in [-0.25, -0.2) is 16.8 Å². The molecule has 0 heterocycles. The summed E-state index contributed by atoms with van der Waals surface area (Å²) in [5, 5.41) is 3.11. The van der Waals surface area contributed by atoms with Gasteiger partial charge in [0.2, 0.25) is 0 Å². The van der Waals surface area contributed by atoms with Gasteiger partial charge < -0.3 is 9.11 Å². The molecule has 0 N–H and O–H groups in total. The zero-order valence-corrected chi connectivity index (χ0v) is 53.7. The molecule has 0 saturated heterocycles. The molecule has 4 aromatic carbocycles. The Bertz CT molecular complexity index is 2160. The van der Waals surface area contributed by atoms with Crippen LogP contribution >= 0.6 is 0 Å². The molecular weight excluding hydrogens is 1020 g/mol. The maximum atomic E-state index is 12.1.